The Kier molecular flexibility index (Phi) is 6.49. The maximum absolute atomic E-state index is 5.81. The van der Waals surface area contributed by atoms with Gasteiger partial charge in [0.05, 0.1) is 0 Å². The predicted molar refractivity (Wildman–Crippen MR) is 69.2 cm³/mol. The first-order chi connectivity index (χ1) is 7.76. The fourth-order valence-electron chi connectivity index (χ4n) is 1.15. The van der Waals surface area contributed by atoms with E-state index >= 15 is 0 Å². The van der Waals surface area contributed by atoms with Gasteiger partial charge >= 0.3 is 0 Å². The molecular weight excluding hydrogens is 244 g/mol. The van der Waals surface area contributed by atoms with Gasteiger partial charge in [0.2, 0.25) is 11.2 Å². The zero-order chi connectivity index (χ0) is 11.8. The average molecular weight is 261 g/mol. The third-order valence-electron chi connectivity index (χ3n) is 1.90. The van der Waals surface area contributed by atoms with Crippen molar-refractivity contribution in [3.8, 4) is 0 Å². The number of unbranched alkanes of at least 4 members (excludes halogenated alkanes) is 2. The molecule has 90 valence electrons. The number of anilines is 1. The summed E-state index contributed by atoms with van der Waals surface area (Å²) in [6, 6.07) is 0. The van der Waals surface area contributed by atoms with Gasteiger partial charge in [-0.15, -0.1) is 0 Å². The topological polar surface area (TPSA) is 50.7 Å². The van der Waals surface area contributed by atoms with Crippen molar-refractivity contribution in [2.45, 2.75) is 38.3 Å². The van der Waals surface area contributed by atoms with Crippen molar-refractivity contribution >= 4 is 29.3 Å². The van der Waals surface area contributed by atoms with E-state index in [0.29, 0.717) is 11.1 Å². The minimum atomic E-state index is 0.254. The molecule has 0 atom stereocenters. The van der Waals surface area contributed by atoms with Gasteiger partial charge in [-0.3, -0.25) is 0 Å². The van der Waals surface area contributed by atoms with Crippen LogP contribution in [0.2, 0.25) is 5.28 Å². The van der Waals surface area contributed by atoms with Crippen molar-refractivity contribution in [1.29, 1.82) is 0 Å². The Balaban J connectivity index is 2.51. The summed E-state index contributed by atoms with van der Waals surface area (Å²) in [6.45, 7) is 4.96. The number of thioether (sulfide) groups is 1. The Morgan fingerprint density at radius 2 is 2.00 bits per heavy atom. The van der Waals surface area contributed by atoms with Crippen LogP contribution in [0.1, 0.15) is 33.1 Å². The number of halogens is 1. The number of nitrogens with zero attached hydrogens (tertiary/aromatic N) is 3. The van der Waals surface area contributed by atoms with Crippen LogP contribution < -0.4 is 5.32 Å². The van der Waals surface area contributed by atoms with Gasteiger partial charge in [-0.1, -0.05) is 31.5 Å². The van der Waals surface area contributed by atoms with Crippen molar-refractivity contribution in [2.75, 3.05) is 17.6 Å². The summed E-state index contributed by atoms with van der Waals surface area (Å²) in [5, 5.41) is 3.98. The highest BCUT2D eigenvalue weighted by Crippen LogP contribution is 2.18. The zero-order valence-corrected chi connectivity index (χ0v) is 11.2. The molecule has 1 heterocycles. The highest BCUT2D eigenvalue weighted by Gasteiger charge is 2.04. The van der Waals surface area contributed by atoms with E-state index in [1.54, 1.807) is 11.8 Å². The largest absolute Gasteiger partial charge is 0.354 e. The Morgan fingerprint density at radius 3 is 2.69 bits per heavy atom. The highest BCUT2D eigenvalue weighted by atomic mass is 35.5. The molecule has 0 aliphatic carbocycles. The van der Waals surface area contributed by atoms with Crippen molar-refractivity contribution in [3.05, 3.63) is 5.28 Å². The fourth-order valence-corrected chi connectivity index (χ4v) is 2.19. The van der Waals surface area contributed by atoms with Crippen LogP contribution >= 0.6 is 23.4 Å². The van der Waals surface area contributed by atoms with Gasteiger partial charge in [0, 0.05) is 12.3 Å². The van der Waals surface area contributed by atoms with Crippen LogP contribution in [-0.4, -0.2) is 27.2 Å². The maximum Gasteiger partial charge on any atom is 0.228 e. The van der Waals surface area contributed by atoms with E-state index in [9.17, 15) is 0 Å². The van der Waals surface area contributed by atoms with Gasteiger partial charge in [-0.25, -0.2) is 0 Å². The van der Waals surface area contributed by atoms with Crippen LogP contribution in [0, 0.1) is 0 Å². The Bertz CT molecular complexity index is 322. The number of aromatic nitrogens is 3. The van der Waals surface area contributed by atoms with E-state index in [1.807, 2.05) is 6.92 Å². The molecule has 1 rings (SSSR count). The van der Waals surface area contributed by atoms with Crippen LogP contribution in [0.25, 0.3) is 0 Å². The number of nitrogens with one attached hydrogen (secondary N) is 1. The van der Waals surface area contributed by atoms with Crippen molar-refractivity contribution in [2.24, 2.45) is 0 Å². The molecular formula is C10H17ClN4S. The lowest BCUT2D eigenvalue weighted by Gasteiger charge is -2.04. The first-order valence-corrected chi connectivity index (χ1v) is 6.90. The van der Waals surface area contributed by atoms with Crippen LogP contribution in [0.5, 0.6) is 0 Å². The minimum Gasteiger partial charge on any atom is -0.354 e. The van der Waals surface area contributed by atoms with Crippen LogP contribution in [0.3, 0.4) is 0 Å². The molecule has 16 heavy (non-hydrogen) atoms. The van der Waals surface area contributed by atoms with Gasteiger partial charge in [0.1, 0.15) is 0 Å². The van der Waals surface area contributed by atoms with Gasteiger partial charge in [0.15, 0.2) is 5.16 Å². The molecule has 0 unspecified atom stereocenters. The lowest BCUT2D eigenvalue weighted by molar-refractivity contribution is 0.776. The van der Waals surface area contributed by atoms with Gasteiger partial charge in [-0.05, 0) is 24.9 Å². The fraction of sp³-hybridized carbons (Fsp3) is 0.700. The number of hydrogen-bond acceptors (Lipinski definition) is 5. The predicted octanol–water partition coefficient (Wildman–Crippen LogP) is 3.24. The molecule has 0 amide bonds. The second kappa shape index (κ2) is 7.68. The van der Waals surface area contributed by atoms with E-state index in [2.05, 4.69) is 27.2 Å². The molecule has 0 fully saturated rings. The zero-order valence-electron chi connectivity index (χ0n) is 9.66. The molecule has 0 radical (unpaired) electrons. The Morgan fingerprint density at radius 1 is 1.19 bits per heavy atom. The number of hydrogen-bond donors (Lipinski definition) is 1. The minimum absolute atomic E-state index is 0.254. The summed E-state index contributed by atoms with van der Waals surface area (Å²) in [7, 11) is 0. The average Bonchev–Trinajstić information content (AvgIpc) is 2.24. The summed E-state index contributed by atoms with van der Waals surface area (Å²) in [5.41, 5.74) is 0. The summed E-state index contributed by atoms with van der Waals surface area (Å²) in [5.74, 6) is 1.58. The van der Waals surface area contributed by atoms with Crippen LogP contribution in [-0.2, 0) is 0 Å². The van der Waals surface area contributed by atoms with E-state index in [1.165, 1.54) is 19.3 Å². The SMILES string of the molecule is CCCCCSc1nc(Cl)nc(NCC)n1. The normalized spacial score (nSPS) is 10.4. The first-order valence-electron chi connectivity index (χ1n) is 5.54. The lowest BCUT2D eigenvalue weighted by Crippen LogP contribution is -2.04. The molecule has 1 N–H and O–H groups in total. The van der Waals surface area contributed by atoms with Gasteiger partial charge < -0.3 is 5.32 Å². The molecule has 0 aliphatic heterocycles. The monoisotopic (exact) mass is 260 g/mol. The Hall–Kier alpha value is -0.550. The van der Waals surface area contributed by atoms with Crippen LogP contribution in [0.4, 0.5) is 5.95 Å². The summed E-state index contributed by atoms with van der Waals surface area (Å²) < 4.78 is 0. The first kappa shape index (κ1) is 13.5. The standard InChI is InChI=1S/C10H17ClN4S/c1-3-5-6-7-16-10-14-8(11)13-9(15-10)12-4-2/h3-7H2,1-2H3,(H,12,13,14,15). The number of rotatable bonds is 7. The van der Waals surface area contributed by atoms with E-state index in [-0.39, 0.29) is 5.28 Å². The maximum atomic E-state index is 5.81. The molecule has 1 aromatic heterocycles. The van der Waals surface area contributed by atoms with Crippen molar-refractivity contribution in [1.82, 2.24) is 15.0 Å². The second-order valence-electron chi connectivity index (χ2n) is 3.30. The van der Waals surface area contributed by atoms with Crippen molar-refractivity contribution in [3.63, 3.8) is 0 Å². The molecule has 6 heteroatoms. The molecule has 0 aromatic carbocycles. The molecule has 0 saturated carbocycles. The van der Waals surface area contributed by atoms with Gasteiger partial charge in [-0.2, -0.15) is 15.0 Å². The summed E-state index contributed by atoms with van der Waals surface area (Å²) >= 11 is 7.44. The second-order valence-corrected chi connectivity index (χ2v) is 4.70. The van der Waals surface area contributed by atoms with E-state index in [0.717, 1.165) is 12.3 Å². The van der Waals surface area contributed by atoms with Crippen molar-refractivity contribution < 1.29 is 0 Å². The molecule has 0 saturated heterocycles. The molecule has 0 spiro atoms. The van der Waals surface area contributed by atoms with Crippen LogP contribution in [0.15, 0.2) is 5.16 Å². The highest BCUT2D eigenvalue weighted by molar-refractivity contribution is 7.99. The molecule has 1 aromatic rings. The quantitative estimate of drug-likeness (QED) is 0.603. The molecule has 0 aliphatic rings. The summed E-state index contributed by atoms with van der Waals surface area (Å²) in [4.78, 5) is 12.3. The molecule has 4 nitrogen and oxygen atoms in total. The third-order valence-corrected chi connectivity index (χ3v) is 3.00. The molecule has 0 bridgehead atoms. The Labute approximate surface area is 106 Å². The summed E-state index contributed by atoms with van der Waals surface area (Å²) in [6.07, 6.45) is 3.65. The van der Waals surface area contributed by atoms with E-state index < -0.39 is 0 Å². The van der Waals surface area contributed by atoms with Gasteiger partial charge in [0.25, 0.3) is 0 Å². The lowest BCUT2D eigenvalue weighted by atomic mass is 10.3. The smallest absolute Gasteiger partial charge is 0.228 e. The van der Waals surface area contributed by atoms with E-state index in [4.69, 9.17) is 11.6 Å². The third kappa shape index (κ3) is 4.99.